The highest BCUT2D eigenvalue weighted by molar-refractivity contribution is 7.89. The lowest BCUT2D eigenvalue weighted by Gasteiger charge is -2.26. The number of benzene rings is 2. The molecule has 1 N–H and O–H groups in total. The minimum Gasteiger partial charge on any atom is -0.361 e. The number of aromatic nitrogens is 1. The molecule has 0 fully saturated rings. The average Bonchev–Trinajstić information content (AvgIpc) is 3.05. The summed E-state index contributed by atoms with van der Waals surface area (Å²) in [7, 11) is -3.46. The Morgan fingerprint density at radius 2 is 1.88 bits per heavy atom. The predicted molar refractivity (Wildman–Crippen MR) is 106 cm³/mol. The van der Waals surface area contributed by atoms with Crippen LogP contribution in [0.1, 0.15) is 23.1 Å². The van der Waals surface area contributed by atoms with E-state index in [1.807, 2.05) is 50.4 Å². The van der Waals surface area contributed by atoms with Crippen LogP contribution in [0.15, 0.2) is 59.6 Å². The van der Waals surface area contributed by atoms with E-state index in [0.29, 0.717) is 24.4 Å². The summed E-state index contributed by atoms with van der Waals surface area (Å²) in [4.78, 5) is 3.70. The van der Waals surface area contributed by atoms with Crippen LogP contribution in [0.25, 0.3) is 16.5 Å². The number of fused-ring (bicyclic) bond motifs is 1. The van der Waals surface area contributed by atoms with E-state index in [1.165, 1.54) is 16.5 Å². The van der Waals surface area contributed by atoms with E-state index in [4.69, 9.17) is 0 Å². The minimum atomic E-state index is -3.46. The lowest BCUT2D eigenvalue weighted by atomic mass is 10.00. The van der Waals surface area contributed by atoms with Crippen LogP contribution in [-0.4, -0.2) is 30.8 Å². The standard InChI is InChI=1S/C21H22N2O2S/c1-15-7-8-21(16(2)13-15)26(24,25)23-11-9-17(10-12-23)19-14-22-20-6-4-3-5-18(19)20/h3-9,13-14,22H,10-12H2,1-2H3. The number of para-hydroxylation sites is 1. The van der Waals surface area contributed by atoms with Crippen molar-refractivity contribution >= 4 is 26.5 Å². The van der Waals surface area contributed by atoms with E-state index < -0.39 is 10.0 Å². The van der Waals surface area contributed by atoms with Crippen LogP contribution < -0.4 is 0 Å². The maximum absolute atomic E-state index is 13.0. The molecule has 26 heavy (non-hydrogen) atoms. The van der Waals surface area contributed by atoms with Gasteiger partial charge in [-0.25, -0.2) is 8.42 Å². The van der Waals surface area contributed by atoms with Gasteiger partial charge in [-0.3, -0.25) is 0 Å². The number of nitrogens with zero attached hydrogens (tertiary/aromatic N) is 1. The molecule has 0 unspecified atom stereocenters. The first-order valence-electron chi connectivity index (χ1n) is 8.80. The quantitative estimate of drug-likeness (QED) is 0.753. The van der Waals surface area contributed by atoms with Crippen LogP contribution in [0.3, 0.4) is 0 Å². The number of hydrogen-bond acceptors (Lipinski definition) is 2. The normalized spacial score (nSPS) is 16.0. The fourth-order valence-electron chi connectivity index (χ4n) is 3.68. The molecule has 0 saturated heterocycles. The lowest BCUT2D eigenvalue weighted by molar-refractivity contribution is 0.441. The van der Waals surface area contributed by atoms with Gasteiger partial charge in [-0.2, -0.15) is 4.31 Å². The van der Waals surface area contributed by atoms with Gasteiger partial charge in [0.25, 0.3) is 0 Å². The Bertz CT molecular complexity index is 1110. The van der Waals surface area contributed by atoms with E-state index in [2.05, 4.69) is 17.1 Å². The third-order valence-electron chi connectivity index (χ3n) is 5.06. The maximum atomic E-state index is 13.0. The molecule has 0 aliphatic carbocycles. The molecular weight excluding hydrogens is 344 g/mol. The van der Waals surface area contributed by atoms with Crippen molar-refractivity contribution in [1.82, 2.24) is 9.29 Å². The molecule has 3 aromatic rings. The zero-order chi connectivity index (χ0) is 18.3. The highest BCUT2D eigenvalue weighted by atomic mass is 32.2. The van der Waals surface area contributed by atoms with Crippen molar-refractivity contribution in [1.29, 1.82) is 0 Å². The molecule has 4 rings (SSSR count). The van der Waals surface area contributed by atoms with Gasteiger partial charge in [-0.05, 0) is 43.5 Å². The van der Waals surface area contributed by atoms with Gasteiger partial charge in [0.05, 0.1) is 4.90 Å². The molecular formula is C21H22N2O2S. The Morgan fingerprint density at radius 3 is 2.62 bits per heavy atom. The van der Waals surface area contributed by atoms with Crippen LogP contribution in [-0.2, 0) is 10.0 Å². The summed E-state index contributed by atoms with van der Waals surface area (Å²) in [5.74, 6) is 0. The monoisotopic (exact) mass is 366 g/mol. The van der Waals surface area contributed by atoms with Gasteiger partial charge in [-0.1, -0.05) is 42.0 Å². The van der Waals surface area contributed by atoms with Crippen molar-refractivity contribution in [3.8, 4) is 0 Å². The zero-order valence-electron chi connectivity index (χ0n) is 15.0. The van der Waals surface area contributed by atoms with Crippen molar-refractivity contribution in [3.63, 3.8) is 0 Å². The summed E-state index contributed by atoms with van der Waals surface area (Å²) in [5.41, 5.74) is 5.35. The fourth-order valence-corrected chi connectivity index (χ4v) is 5.26. The van der Waals surface area contributed by atoms with Gasteiger partial charge < -0.3 is 4.98 Å². The van der Waals surface area contributed by atoms with Crippen molar-refractivity contribution in [2.75, 3.05) is 13.1 Å². The number of sulfonamides is 1. The number of aryl methyl sites for hydroxylation is 2. The first kappa shape index (κ1) is 17.1. The second kappa shape index (κ2) is 6.41. The molecule has 0 radical (unpaired) electrons. The van der Waals surface area contributed by atoms with Crippen molar-refractivity contribution in [2.24, 2.45) is 0 Å². The zero-order valence-corrected chi connectivity index (χ0v) is 15.8. The largest absolute Gasteiger partial charge is 0.361 e. The van der Waals surface area contributed by atoms with Gasteiger partial charge in [-0.15, -0.1) is 0 Å². The second-order valence-corrected chi connectivity index (χ2v) is 8.77. The number of aromatic amines is 1. The molecule has 5 heteroatoms. The molecule has 2 aromatic carbocycles. The molecule has 0 saturated carbocycles. The third kappa shape index (κ3) is 2.87. The summed E-state index contributed by atoms with van der Waals surface area (Å²) in [6, 6.07) is 13.7. The number of hydrogen-bond donors (Lipinski definition) is 1. The molecule has 1 aliphatic rings. The summed E-state index contributed by atoms with van der Waals surface area (Å²) < 4.78 is 27.6. The van der Waals surface area contributed by atoms with Crippen LogP contribution in [0.2, 0.25) is 0 Å². The van der Waals surface area contributed by atoms with E-state index in [0.717, 1.165) is 16.6 Å². The number of rotatable bonds is 3. The minimum absolute atomic E-state index is 0.407. The van der Waals surface area contributed by atoms with Crippen LogP contribution >= 0.6 is 0 Å². The van der Waals surface area contributed by atoms with E-state index in [-0.39, 0.29) is 0 Å². The maximum Gasteiger partial charge on any atom is 0.243 e. The average molecular weight is 366 g/mol. The molecule has 1 aliphatic heterocycles. The molecule has 4 nitrogen and oxygen atoms in total. The van der Waals surface area contributed by atoms with Crippen LogP contribution in [0.5, 0.6) is 0 Å². The van der Waals surface area contributed by atoms with Gasteiger partial charge >= 0.3 is 0 Å². The molecule has 134 valence electrons. The Labute approximate surface area is 154 Å². The Hall–Kier alpha value is -2.37. The topological polar surface area (TPSA) is 53.2 Å². The van der Waals surface area contributed by atoms with E-state index in [9.17, 15) is 8.42 Å². The number of H-pyrrole nitrogens is 1. The fraction of sp³-hybridized carbons (Fsp3) is 0.238. The van der Waals surface area contributed by atoms with E-state index in [1.54, 1.807) is 10.4 Å². The first-order valence-corrected chi connectivity index (χ1v) is 10.2. The van der Waals surface area contributed by atoms with Gasteiger partial charge in [0.1, 0.15) is 0 Å². The van der Waals surface area contributed by atoms with Gasteiger partial charge in [0, 0.05) is 35.8 Å². The highest BCUT2D eigenvalue weighted by Crippen LogP contribution is 2.31. The molecule has 0 atom stereocenters. The Morgan fingerprint density at radius 1 is 1.08 bits per heavy atom. The molecule has 2 heterocycles. The SMILES string of the molecule is Cc1ccc(S(=O)(=O)N2CC=C(c3c[nH]c4ccccc34)CC2)c(C)c1. The highest BCUT2D eigenvalue weighted by Gasteiger charge is 2.28. The molecule has 0 bridgehead atoms. The van der Waals surface area contributed by atoms with Crippen LogP contribution in [0.4, 0.5) is 0 Å². The van der Waals surface area contributed by atoms with E-state index >= 15 is 0 Å². The Kier molecular flexibility index (Phi) is 4.21. The predicted octanol–water partition coefficient (Wildman–Crippen LogP) is 4.26. The number of nitrogens with one attached hydrogen (secondary N) is 1. The van der Waals surface area contributed by atoms with Gasteiger partial charge in [0.15, 0.2) is 0 Å². The summed E-state index contributed by atoms with van der Waals surface area (Å²) in [6.45, 7) is 4.74. The lowest BCUT2D eigenvalue weighted by Crippen LogP contribution is -2.35. The summed E-state index contributed by atoms with van der Waals surface area (Å²) in [5, 5.41) is 1.18. The summed E-state index contributed by atoms with van der Waals surface area (Å²) >= 11 is 0. The van der Waals surface area contributed by atoms with Crippen molar-refractivity contribution in [2.45, 2.75) is 25.2 Å². The summed E-state index contributed by atoms with van der Waals surface area (Å²) in [6.07, 6.45) is 4.77. The first-order chi connectivity index (χ1) is 12.5. The van der Waals surface area contributed by atoms with Crippen LogP contribution in [0, 0.1) is 13.8 Å². The Balaban J connectivity index is 1.63. The second-order valence-electron chi connectivity index (χ2n) is 6.86. The van der Waals surface area contributed by atoms with Gasteiger partial charge in [0.2, 0.25) is 10.0 Å². The molecule has 0 amide bonds. The molecule has 0 spiro atoms. The molecule has 1 aromatic heterocycles. The smallest absolute Gasteiger partial charge is 0.243 e. The third-order valence-corrected chi connectivity index (χ3v) is 7.08. The van der Waals surface area contributed by atoms with Crippen molar-refractivity contribution in [3.05, 3.63) is 71.4 Å². The van der Waals surface area contributed by atoms with Crippen molar-refractivity contribution < 1.29 is 8.42 Å².